The number of amides is 2. The summed E-state index contributed by atoms with van der Waals surface area (Å²) in [6.45, 7) is 2.78. The van der Waals surface area contributed by atoms with Gasteiger partial charge in [0, 0.05) is 36.6 Å². The van der Waals surface area contributed by atoms with Crippen molar-refractivity contribution in [2.24, 2.45) is 0 Å². The van der Waals surface area contributed by atoms with Crippen LogP contribution in [0.5, 0.6) is 0 Å². The maximum atomic E-state index is 13.4. The van der Waals surface area contributed by atoms with Crippen molar-refractivity contribution in [2.75, 3.05) is 16.8 Å². The first-order chi connectivity index (χ1) is 14.4. The van der Waals surface area contributed by atoms with Crippen molar-refractivity contribution < 1.29 is 18.4 Å². The van der Waals surface area contributed by atoms with Gasteiger partial charge < -0.3 is 5.32 Å². The second-order valence-electron chi connectivity index (χ2n) is 7.87. The molecule has 1 aliphatic carbocycles. The van der Waals surface area contributed by atoms with E-state index in [0.29, 0.717) is 18.1 Å². The van der Waals surface area contributed by atoms with Crippen LogP contribution < -0.4 is 10.2 Å². The minimum Gasteiger partial charge on any atom is -0.325 e. The Morgan fingerprint density at radius 3 is 2.60 bits per heavy atom. The van der Waals surface area contributed by atoms with Crippen molar-refractivity contribution in [3.8, 4) is 0 Å². The molecule has 1 unspecified atom stereocenters. The van der Waals surface area contributed by atoms with E-state index in [4.69, 9.17) is 0 Å². The lowest BCUT2D eigenvalue weighted by atomic mass is 10.0. The SMILES string of the molecule is CC(=O)N(c1nc(CN2CCCCC2C(=O)Nc2cc(F)cc(F)c2)cs1)C1CC1. The molecule has 0 bridgehead atoms. The number of hydrogen-bond acceptors (Lipinski definition) is 5. The van der Waals surface area contributed by atoms with E-state index in [9.17, 15) is 18.4 Å². The minimum atomic E-state index is -0.730. The molecule has 1 aromatic heterocycles. The highest BCUT2D eigenvalue weighted by Gasteiger charge is 2.34. The molecule has 160 valence electrons. The van der Waals surface area contributed by atoms with Gasteiger partial charge in [-0.15, -0.1) is 11.3 Å². The van der Waals surface area contributed by atoms with Crippen molar-refractivity contribution in [1.29, 1.82) is 0 Å². The number of carbonyl (C=O) groups is 2. The van der Waals surface area contributed by atoms with E-state index in [0.717, 1.165) is 56.1 Å². The second kappa shape index (κ2) is 8.77. The summed E-state index contributed by atoms with van der Waals surface area (Å²) in [6.07, 6.45) is 4.56. The van der Waals surface area contributed by atoms with Gasteiger partial charge in [-0.3, -0.25) is 19.4 Å². The summed E-state index contributed by atoms with van der Waals surface area (Å²) in [5.74, 6) is -1.74. The Labute approximate surface area is 177 Å². The fourth-order valence-corrected chi connectivity index (χ4v) is 4.83. The van der Waals surface area contributed by atoms with Gasteiger partial charge in [0.1, 0.15) is 11.6 Å². The molecule has 6 nitrogen and oxygen atoms in total. The number of carbonyl (C=O) groups excluding carboxylic acids is 2. The van der Waals surface area contributed by atoms with Gasteiger partial charge in [0.2, 0.25) is 11.8 Å². The van der Waals surface area contributed by atoms with Crippen LogP contribution in [0.4, 0.5) is 19.6 Å². The second-order valence-corrected chi connectivity index (χ2v) is 8.71. The van der Waals surface area contributed by atoms with E-state index < -0.39 is 17.7 Å². The summed E-state index contributed by atoms with van der Waals surface area (Å²) in [5, 5.41) is 5.27. The zero-order valence-electron chi connectivity index (χ0n) is 16.7. The molecular weight excluding hydrogens is 410 g/mol. The molecule has 1 aromatic carbocycles. The van der Waals surface area contributed by atoms with Gasteiger partial charge in [-0.25, -0.2) is 13.8 Å². The van der Waals surface area contributed by atoms with E-state index >= 15 is 0 Å². The van der Waals surface area contributed by atoms with Crippen molar-refractivity contribution >= 4 is 34.0 Å². The number of piperidine rings is 1. The van der Waals surface area contributed by atoms with Gasteiger partial charge >= 0.3 is 0 Å². The zero-order valence-corrected chi connectivity index (χ0v) is 17.6. The third-order valence-electron chi connectivity index (χ3n) is 5.41. The number of anilines is 2. The third-order valence-corrected chi connectivity index (χ3v) is 6.30. The molecule has 1 atom stereocenters. The maximum absolute atomic E-state index is 13.4. The number of nitrogens with zero attached hydrogens (tertiary/aromatic N) is 3. The minimum absolute atomic E-state index is 0.00375. The van der Waals surface area contributed by atoms with Crippen molar-refractivity contribution in [2.45, 2.75) is 57.7 Å². The summed E-state index contributed by atoms with van der Waals surface area (Å²) in [7, 11) is 0. The molecule has 0 radical (unpaired) electrons. The first-order valence-corrected chi connectivity index (χ1v) is 11.0. The number of rotatable bonds is 6. The molecule has 1 saturated heterocycles. The number of likely N-dealkylation sites (tertiary alicyclic amines) is 1. The van der Waals surface area contributed by atoms with Gasteiger partial charge in [-0.1, -0.05) is 6.42 Å². The van der Waals surface area contributed by atoms with Gasteiger partial charge in [-0.2, -0.15) is 0 Å². The number of benzene rings is 1. The number of thiazole rings is 1. The highest BCUT2D eigenvalue weighted by Crippen LogP contribution is 2.34. The Bertz CT molecular complexity index is 927. The topological polar surface area (TPSA) is 65.5 Å². The Balaban J connectivity index is 1.45. The summed E-state index contributed by atoms with van der Waals surface area (Å²) in [4.78, 5) is 33.2. The van der Waals surface area contributed by atoms with Crippen LogP contribution in [-0.4, -0.2) is 40.3 Å². The monoisotopic (exact) mass is 434 g/mol. The van der Waals surface area contributed by atoms with Crippen molar-refractivity contribution in [1.82, 2.24) is 9.88 Å². The fraction of sp³-hybridized carbons (Fsp3) is 0.476. The van der Waals surface area contributed by atoms with Gasteiger partial charge in [0.25, 0.3) is 0 Å². The smallest absolute Gasteiger partial charge is 0.241 e. The van der Waals surface area contributed by atoms with Crippen LogP contribution in [0.1, 0.15) is 44.7 Å². The average molecular weight is 435 g/mol. The van der Waals surface area contributed by atoms with Crippen molar-refractivity contribution in [3.05, 3.63) is 40.9 Å². The van der Waals surface area contributed by atoms with Gasteiger partial charge in [-0.05, 0) is 44.4 Å². The molecule has 9 heteroatoms. The molecule has 1 N–H and O–H groups in total. The third kappa shape index (κ3) is 4.84. The summed E-state index contributed by atoms with van der Waals surface area (Å²) < 4.78 is 26.9. The molecule has 30 heavy (non-hydrogen) atoms. The Morgan fingerprint density at radius 1 is 1.20 bits per heavy atom. The van der Waals surface area contributed by atoms with Gasteiger partial charge in [0.15, 0.2) is 5.13 Å². The predicted octanol–water partition coefficient (Wildman–Crippen LogP) is 3.93. The highest BCUT2D eigenvalue weighted by atomic mass is 32.1. The lowest BCUT2D eigenvalue weighted by Crippen LogP contribution is -2.46. The van der Waals surface area contributed by atoms with E-state index in [-0.39, 0.29) is 23.5 Å². The van der Waals surface area contributed by atoms with Gasteiger partial charge in [0.05, 0.1) is 11.7 Å². The molecule has 1 saturated carbocycles. The van der Waals surface area contributed by atoms with Crippen LogP contribution in [0, 0.1) is 11.6 Å². The number of nitrogens with one attached hydrogen (secondary N) is 1. The number of hydrogen-bond donors (Lipinski definition) is 1. The highest BCUT2D eigenvalue weighted by molar-refractivity contribution is 7.14. The van der Waals surface area contributed by atoms with E-state index in [1.54, 1.807) is 11.8 Å². The Hall–Kier alpha value is -2.39. The number of halogens is 2. The molecule has 2 amide bonds. The van der Waals surface area contributed by atoms with Crippen LogP contribution >= 0.6 is 11.3 Å². The Kier molecular flexibility index (Phi) is 6.10. The van der Waals surface area contributed by atoms with Crippen LogP contribution in [-0.2, 0) is 16.1 Å². The van der Waals surface area contributed by atoms with E-state index in [1.165, 1.54) is 11.3 Å². The van der Waals surface area contributed by atoms with Crippen LogP contribution in [0.2, 0.25) is 0 Å². The van der Waals surface area contributed by atoms with Crippen LogP contribution in [0.3, 0.4) is 0 Å². The quantitative estimate of drug-likeness (QED) is 0.748. The Morgan fingerprint density at radius 2 is 1.93 bits per heavy atom. The lowest BCUT2D eigenvalue weighted by molar-refractivity contribution is -0.122. The van der Waals surface area contributed by atoms with E-state index in [1.807, 2.05) is 10.3 Å². The van der Waals surface area contributed by atoms with E-state index in [2.05, 4.69) is 10.3 Å². The first-order valence-electron chi connectivity index (χ1n) is 10.2. The standard InChI is InChI=1S/C21H24F2N4O2S/c1-13(28)27(18-5-6-18)21-25-17(12-30-21)11-26-7-3-2-4-19(26)20(29)24-16-9-14(22)8-15(23)10-16/h8-10,12,18-19H,2-7,11H2,1H3,(H,24,29). The van der Waals surface area contributed by atoms with Crippen LogP contribution in [0.15, 0.2) is 23.6 Å². The summed E-state index contributed by atoms with van der Waals surface area (Å²) >= 11 is 1.44. The summed E-state index contributed by atoms with van der Waals surface area (Å²) in [6, 6.07) is 2.84. The molecule has 2 fully saturated rings. The average Bonchev–Trinajstić information content (AvgIpc) is 3.40. The normalized spacial score (nSPS) is 19.5. The molecule has 4 rings (SSSR count). The molecule has 2 aromatic rings. The lowest BCUT2D eigenvalue weighted by Gasteiger charge is -2.34. The molecule has 1 aliphatic heterocycles. The zero-order chi connectivity index (χ0) is 21.3. The van der Waals surface area contributed by atoms with Crippen molar-refractivity contribution in [3.63, 3.8) is 0 Å². The number of aromatic nitrogens is 1. The largest absolute Gasteiger partial charge is 0.325 e. The molecule has 0 spiro atoms. The first kappa shape index (κ1) is 20.9. The maximum Gasteiger partial charge on any atom is 0.241 e. The van der Waals surface area contributed by atoms with Crippen LogP contribution in [0.25, 0.3) is 0 Å². The molecular formula is C21H24F2N4O2S. The molecule has 2 heterocycles. The summed E-state index contributed by atoms with van der Waals surface area (Å²) in [5.41, 5.74) is 0.930. The fourth-order valence-electron chi connectivity index (χ4n) is 3.90. The molecule has 2 aliphatic rings. The predicted molar refractivity (Wildman–Crippen MR) is 111 cm³/mol.